The number of carbonyl (C=O) groups excluding carboxylic acids is 1. The summed E-state index contributed by atoms with van der Waals surface area (Å²) in [4.78, 5) is 33.9. The van der Waals surface area contributed by atoms with Crippen LogP contribution in [0.1, 0.15) is 20.8 Å². The van der Waals surface area contributed by atoms with Gasteiger partial charge in [0.2, 0.25) is 0 Å². The molecular weight excluding hydrogens is 377 g/mol. The Morgan fingerprint density at radius 2 is 2.00 bits per heavy atom. The zero-order chi connectivity index (χ0) is 14.7. The summed E-state index contributed by atoms with van der Waals surface area (Å²) in [6.07, 6.45) is 0. The van der Waals surface area contributed by atoms with E-state index in [4.69, 9.17) is 5.11 Å². The van der Waals surface area contributed by atoms with Crippen LogP contribution in [0.5, 0.6) is 0 Å². The van der Waals surface area contributed by atoms with Gasteiger partial charge in [0, 0.05) is 9.64 Å². The summed E-state index contributed by atoms with van der Waals surface area (Å²) < 4.78 is 0.736. The van der Waals surface area contributed by atoms with Crippen molar-refractivity contribution >= 4 is 40.2 Å². The van der Waals surface area contributed by atoms with Crippen molar-refractivity contribution in [3.8, 4) is 0 Å². The molecular formula is C12H8IN3O4. The highest BCUT2D eigenvalue weighted by molar-refractivity contribution is 14.1. The van der Waals surface area contributed by atoms with E-state index in [2.05, 4.69) is 15.5 Å². The SMILES string of the molecule is O=C(Nc1ccc(I)cc1C(=O)O)c1ccc(=O)[nH]n1. The first-order valence-corrected chi connectivity index (χ1v) is 6.45. The van der Waals surface area contributed by atoms with Crippen molar-refractivity contribution in [1.29, 1.82) is 0 Å². The van der Waals surface area contributed by atoms with Crippen LogP contribution in [0.4, 0.5) is 5.69 Å². The van der Waals surface area contributed by atoms with Gasteiger partial charge >= 0.3 is 5.97 Å². The van der Waals surface area contributed by atoms with Gasteiger partial charge in [-0.05, 0) is 46.9 Å². The summed E-state index contributed by atoms with van der Waals surface area (Å²) in [5, 5.41) is 17.2. The molecule has 2 aromatic rings. The number of aromatic nitrogens is 2. The first kappa shape index (κ1) is 14.2. The van der Waals surface area contributed by atoms with Crippen LogP contribution in [0.2, 0.25) is 0 Å². The fraction of sp³-hybridized carbons (Fsp3) is 0. The van der Waals surface area contributed by atoms with Crippen LogP contribution < -0.4 is 10.9 Å². The lowest BCUT2D eigenvalue weighted by Crippen LogP contribution is -2.19. The maximum atomic E-state index is 11.9. The molecule has 20 heavy (non-hydrogen) atoms. The van der Waals surface area contributed by atoms with Crippen molar-refractivity contribution in [1.82, 2.24) is 10.2 Å². The summed E-state index contributed by atoms with van der Waals surface area (Å²) >= 11 is 1.98. The maximum absolute atomic E-state index is 11.9. The number of rotatable bonds is 3. The molecule has 8 heteroatoms. The predicted molar refractivity (Wildman–Crippen MR) is 78.9 cm³/mol. The third-order valence-electron chi connectivity index (χ3n) is 2.37. The number of hydrogen-bond acceptors (Lipinski definition) is 4. The predicted octanol–water partition coefficient (Wildman–Crippen LogP) is 1.32. The van der Waals surface area contributed by atoms with Crippen molar-refractivity contribution < 1.29 is 14.7 Å². The number of nitrogens with one attached hydrogen (secondary N) is 2. The summed E-state index contributed by atoms with van der Waals surface area (Å²) in [5.74, 6) is -1.75. The van der Waals surface area contributed by atoms with Gasteiger partial charge in [-0.1, -0.05) is 0 Å². The second-order valence-electron chi connectivity index (χ2n) is 3.76. The lowest BCUT2D eigenvalue weighted by Gasteiger charge is -2.08. The van der Waals surface area contributed by atoms with E-state index < -0.39 is 17.4 Å². The number of carboxylic acid groups (broad SMARTS) is 1. The highest BCUT2D eigenvalue weighted by atomic mass is 127. The Kier molecular flexibility index (Phi) is 4.13. The monoisotopic (exact) mass is 385 g/mol. The smallest absolute Gasteiger partial charge is 0.337 e. The number of aromatic amines is 1. The normalized spacial score (nSPS) is 10.1. The van der Waals surface area contributed by atoms with Crippen LogP contribution in [0.15, 0.2) is 35.1 Å². The largest absolute Gasteiger partial charge is 0.478 e. The summed E-state index contributed by atoms with van der Waals surface area (Å²) in [6, 6.07) is 7.02. The molecule has 0 saturated carbocycles. The number of H-pyrrole nitrogens is 1. The average molecular weight is 385 g/mol. The molecule has 102 valence electrons. The molecule has 0 bridgehead atoms. The lowest BCUT2D eigenvalue weighted by molar-refractivity contribution is 0.0698. The molecule has 2 rings (SSSR count). The Bertz CT molecular complexity index is 721. The minimum Gasteiger partial charge on any atom is -0.478 e. The quantitative estimate of drug-likeness (QED) is 0.691. The van der Waals surface area contributed by atoms with Gasteiger partial charge in [0.15, 0.2) is 0 Å². The Labute approximate surface area is 126 Å². The molecule has 0 aliphatic rings. The number of halogens is 1. The number of hydrogen-bond donors (Lipinski definition) is 3. The van der Waals surface area contributed by atoms with E-state index in [1.807, 2.05) is 22.6 Å². The van der Waals surface area contributed by atoms with Crippen LogP contribution in [0.25, 0.3) is 0 Å². The fourth-order valence-electron chi connectivity index (χ4n) is 1.46. The van der Waals surface area contributed by atoms with Crippen molar-refractivity contribution in [3.05, 3.63) is 55.5 Å². The van der Waals surface area contributed by atoms with E-state index >= 15 is 0 Å². The molecule has 1 heterocycles. The molecule has 1 aromatic heterocycles. The van der Waals surface area contributed by atoms with E-state index in [0.717, 1.165) is 9.64 Å². The first-order valence-electron chi connectivity index (χ1n) is 5.37. The van der Waals surface area contributed by atoms with Gasteiger partial charge in [0.25, 0.3) is 11.5 Å². The van der Waals surface area contributed by atoms with E-state index in [-0.39, 0.29) is 16.9 Å². The molecule has 0 aliphatic heterocycles. The maximum Gasteiger partial charge on any atom is 0.337 e. The fourth-order valence-corrected chi connectivity index (χ4v) is 1.95. The molecule has 0 radical (unpaired) electrons. The molecule has 0 fully saturated rings. The van der Waals surface area contributed by atoms with Crippen molar-refractivity contribution in [2.24, 2.45) is 0 Å². The zero-order valence-electron chi connectivity index (χ0n) is 9.88. The minimum absolute atomic E-state index is 0.0144. The number of aromatic carboxylic acids is 1. The molecule has 1 amide bonds. The Morgan fingerprint density at radius 1 is 1.25 bits per heavy atom. The average Bonchev–Trinajstić information content (AvgIpc) is 2.41. The number of carboxylic acids is 1. The number of carbonyl (C=O) groups is 2. The highest BCUT2D eigenvalue weighted by Gasteiger charge is 2.14. The Balaban J connectivity index is 2.30. The number of nitrogens with zero attached hydrogens (tertiary/aromatic N) is 1. The molecule has 0 aliphatic carbocycles. The van der Waals surface area contributed by atoms with Gasteiger partial charge in [-0.2, -0.15) is 5.10 Å². The molecule has 0 spiro atoms. The van der Waals surface area contributed by atoms with Gasteiger partial charge in [-0.3, -0.25) is 9.59 Å². The number of anilines is 1. The Morgan fingerprint density at radius 3 is 2.60 bits per heavy atom. The lowest BCUT2D eigenvalue weighted by atomic mass is 10.1. The second kappa shape index (κ2) is 5.82. The van der Waals surface area contributed by atoms with Gasteiger partial charge < -0.3 is 10.4 Å². The van der Waals surface area contributed by atoms with Crippen molar-refractivity contribution in [3.63, 3.8) is 0 Å². The number of benzene rings is 1. The van der Waals surface area contributed by atoms with Crippen LogP contribution in [-0.4, -0.2) is 27.2 Å². The topological polar surface area (TPSA) is 112 Å². The third kappa shape index (κ3) is 3.20. The van der Waals surface area contributed by atoms with Gasteiger partial charge in [0.1, 0.15) is 5.69 Å². The van der Waals surface area contributed by atoms with Gasteiger partial charge in [0.05, 0.1) is 11.3 Å². The molecule has 0 unspecified atom stereocenters. The van der Waals surface area contributed by atoms with E-state index in [1.165, 1.54) is 18.2 Å². The second-order valence-corrected chi connectivity index (χ2v) is 5.00. The van der Waals surface area contributed by atoms with E-state index in [0.29, 0.717) is 0 Å². The van der Waals surface area contributed by atoms with Crippen LogP contribution in [0.3, 0.4) is 0 Å². The standard InChI is InChI=1S/C12H8IN3O4/c13-6-1-2-8(7(5-6)12(19)20)14-11(18)9-3-4-10(17)16-15-9/h1-5H,(H,14,18)(H,16,17)(H,19,20). The number of amides is 1. The van der Waals surface area contributed by atoms with Crippen LogP contribution in [0, 0.1) is 3.57 Å². The first-order chi connectivity index (χ1) is 9.47. The van der Waals surface area contributed by atoms with E-state index in [9.17, 15) is 14.4 Å². The molecule has 7 nitrogen and oxygen atoms in total. The molecule has 3 N–H and O–H groups in total. The summed E-state index contributed by atoms with van der Waals surface area (Å²) in [5.41, 5.74) is -0.299. The summed E-state index contributed by atoms with van der Waals surface area (Å²) in [7, 11) is 0. The zero-order valence-corrected chi connectivity index (χ0v) is 12.0. The van der Waals surface area contributed by atoms with Crippen molar-refractivity contribution in [2.45, 2.75) is 0 Å². The minimum atomic E-state index is -1.15. The van der Waals surface area contributed by atoms with Crippen LogP contribution in [-0.2, 0) is 0 Å². The molecule has 0 atom stereocenters. The van der Waals surface area contributed by atoms with Gasteiger partial charge in [-0.25, -0.2) is 9.89 Å². The van der Waals surface area contributed by atoms with Gasteiger partial charge in [-0.15, -0.1) is 0 Å². The highest BCUT2D eigenvalue weighted by Crippen LogP contribution is 2.19. The Hall–Kier alpha value is -2.23. The molecule has 1 aromatic carbocycles. The van der Waals surface area contributed by atoms with Crippen molar-refractivity contribution in [2.75, 3.05) is 5.32 Å². The summed E-state index contributed by atoms with van der Waals surface area (Å²) in [6.45, 7) is 0. The van der Waals surface area contributed by atoms with E-state index in [1.54, 1.807) is 6.07 Å². The molecule has 0 saturated heterocycles. The third-order valence-corrected chi connectivity index (χ3v) is 3.04. The van der Waals surface area contributed by atoms with Crippen LogP contribution >= 0.6 is 22.6 Å².